The molecular formula is C20H27N. The summed E-state index contributed by atoms with van der Waals surface area (Å²) < 4.78 is 0. The first-order chi connectivity index (χ1) is 9.96. The van der Waals surface area contributed by atoms with Crippen molar-refractivity contribution in [2.24, 2.45) is 0 Å². The standard InChI is InChI=1S/C20H27N/c1-16-10-11-19(14-17(16)2)15-21-20(3,4)13-12-18-8-6-5-7-9-18/h5-11,14,21H,12-13,15H2,1-4H3. The lowest BCUT2D eigenvalue weighted by Crippen LogP contribution is -2.39. The van der Waals surface area contributed by atoms with E-state index in [4.69, 9.17) is 0 Å². The third-order valence-corrected chi connectivity index (χ3v) is 4.22. The van der Waals surface area contributed by atoms with Crippen LogP contribution < -0.4 is 5.32 Å². The molecule has 1 heteroatoms. The van der Waals surface area contributed by atoms with Crippen LogP contribution in [0.4, 0.5) is 0 Å². The molecule has 21 heavy (non-hydrogen) atoms. The highest BCUT2D eigenvalue weighted by atomic mass is 14.9. The van der Waals surface area contributed by atoms with Crippen LogP contribution in [0.1, 0.15) is 42.5 Å². The molecule has 0 atom stereocenters. The fourth-order valence-electron chi connectivity index (χ4n) is 2.44. The molecule has 1 nitrogen and oxygen atoms in total. The van der Waals surface area contributed by atoms with Crippen LogP contribution in [0.15, 0.2) is 48.5 Å². The number of rotatable bonds is 6. The monoisotopic (exact) mass is 281 g/mol. The average Bonchev–Trinajstić information content (AvgIpc) is 2.48. The van der Waals surface area contributed by atoms with Gasteiger partial charge in [-0.3, -0.25) is 0 Å². The number of hydrogen-bond donors (Lipinski definition) is 1. The van der Waals surface area contributed by atoms with E-state index in [1.807, 2.05) is 0 Å². The maximum Gasteiger partial charge on any atom is 0.0210 e. The van der Waals surface area contributed by atoms with Gasteiger partial charge in [0.2, 0.25) is 0 Å². The number of aryl methyl sites for hydroxylation is 3. The van der Waals surface area contributed by atoms with E-state index in [0.29, 0.717) is 0 Å². The molecule has 112 valence electrons. The largest absolute Gasteiger partial charge is 0.308 e. The molecule has 2 aromatic carbocycles. The van der Waals surface area contributed by atoms with Crippen LogP contribution in [0.3, 0.4) is 0 Å². The van der Waals surface area contributed by atoms with E-state index in [9.17, 15) is 0 Å². The highest BCUT2D eigenvalue weighted by Gasteiger charge is 2.16. The summed E-state index contributed by atoms with van der Waals surface area (Å²) in [6.45, 7) is 9.85. The van der Waals surface area contributed by atoms with Gasteiger partial charge >= 0.3 is 0 Å². The molecule has 0 unspecified atom stereocenters. The van der Waals surface area contributed by atoms with E-state index >= 15 is 0 Å². The maximum atomic E-state index is 3.69. The Hall–Kier alpha value is -1.60. The summed E-state index contributed by atoms with van der Waals surface area (Å²) in [7, 11) is 0. The number of hydrogen-bond acceptors (Lipinski definition) is 1. The van der Waals surface area contributed by atoms with Crippen molar-refractivity contribution in [1.29, 1.82) is 0 Å². The van der Waals surface area contributed by atoms with Crippen molar-refractivity contribution in [3.05, 3.63) is 70.8 Å². The fraction of sp³-hybridized carbons (Fsp3) is 0.400. The zero-order valence-electron chi connectivity index (χ0n) is 13.7. The van der Waals surface area contributed by atoms with Gasteiger partial charge < -0.3 is 5.32 Å². The van der Waals surface area contributed by atoms with Gasteiger partial charge in [-0.05, 0) is 62.8 Å². The maximum absolute atomic E-state index is 3.69. The molecule has 0 saturated heterocycles. The predicted molar refractivity (Wildman–Crippen MR) is 91.6 cm³/mol. The lowest BCUT2D eigenvalue weighted by molar-refractivity contribution is 0.360. The summed E-state index contributed by atoms with van der Waals surface area (Å²) >= 11 is 0. The SMILES string of the molecule is Cc1ccc(CNC(C)(C)CCc2ccccc2)cc1C. The van der Waals surface area contributed by atoms with Crippen molar-refractivity contribution < 1.29 is 0 Å². The van der Waals surface area contributed by atoms with E-state index in [1.165, 1.54) is 22.3 Å². The Bertz CT molecular complexity index is 570. The lowest BCUT2D eigenvalue weighted by Gasteiger charge is -2.27. The fourth-order valence-corrected chi connectivity index (χ4v) is 2.44. The van der Waals surface area contributed by atoms with Crippen LogP contribution in [0.5, 0.6) is 0 Å². The Balaban J connectivity index is 1.87. The van der Waals surface area contributed by atoms with Gasteiger partial charge in [0.1, 0.15) is 0 Å². The highest BCUT2D eigenvalue weighted by molar-refractivity contribution is 5.29. The molecule has 0 aliphatic rings. The summed E-state index contributed by atoms with van der Waals surface area (Å²) in [4.78, 5) is 0. The summed E-state index contributed by atoms with van der Waals surface area (Å²) in [5.41, 5.74) is 5.66. The average molecular weight is 281 g/mol. The van der Waals surface area contributed by atoms with Crippen LogP contribution in [0.25, 0.3) is 0 Å². The summed E-state index contributed by atoms with van der Waals surface area (Å²) in [5, 5.41) is 3.69. The van der Waals surface area contributed by atoms with Crippen molar-refractivity contribution in [3.8, 4) is 0 Å². The van der Waals surface area contributed by atoms with Crippen LogP contribution in [-0.4, -0.2) is 5.54 Å². The first-order valence-electron chi connectivity index (χ1n) is 7.81. The smallest absolute Gasteiger partial charge is 0.0210 e. The molecule has 1 N–H and O–H groups in total. The summed E-state index contributed by atoms with van der Waals surface area (Å²) in [6.07, 6.45) is 2.26. The molecule has 0 radical (unpaired) electrons. The third kappa shape index (κ3) is 5.02. The Morgan fingerprint density at radius 1 is 0.857 bits per heavy atom. The molecule has 0 aliphatic carbocycles. The Kier molecular flexibility index (Phi) is 5.19. The van der Waals surface area contributed by atoms with E-state index in [-0.39, 0.29) is 5.54 Å². The van der Waals surface area contributed by atoms with Crippen molar-refractivity contribution in [2.45, 2.75) is 52.6 Å². The van der Waals surface area contributed by atoms with E-state index in [1.54, 1.807) is 0 Å². The molecule has 2 aromatic rings. The van der Waals surface area contributed by atoms with Crippen molar-refractivity contribution in [3.63, 3.8) is 0 Å². The normalized spacial score (nSPS) is 11.6. The predicted octanol–water partition coefficient (Wildman–Crippen LogP) is 4.80. The minimum Gasteiger partial charge on any atom is -0.308 e. The minimum atomic E-state index is 0.147. The zero-order chi connectivity index (χ0) is 15.3. The molecule has 0 spiro atoms. The molecule has 0 aliphatic heterocycles. The first-order valence-corrected chi connectivity index (χ1v) is 7.81. The lowest BCUT2D eigenvalue weighted by atomic mass is 9.94. The van der Waals surface area contributed by atoms with Crippen LogP contribution in [-0.2, 0) is 13.0 Å². The molecule has 0 aromatic heterocycles. The molecular weight excluding hydrogens is 254 g/mol. The Morgan fingerprint density at radius 2 is 1.57 bits per heavy atom. The van der Waals surface area contributed by atoms with E-state index in [2.05, 4.69) is 81.5 Å². The van der Waals surface area contributed by atoms with Crippen molar-refractivity contribution >= 4 is 0 Å². The second-order valence-corrected chi connectivity index (χ2v) is 6.64. The van der Waals surface area contributed by atoms with Crippen LogP contribution in [0, 0.1) is 13.8 Å². The second kappa shape index (κ2) is 6.91. The van der Waals surface area contributed by atoms with Gasteiger partial charge in [0.05, 0.1) is 0 Å². The van der Waals surface area contributed by atoms with Gasteiger partial charge in [-0.25, -0.2) is 0 Å². The summed E-state index contributed by atoms with van der Waals surface area (Å²) in [6, 6.07) is 17.4. The van der Waals surface area contributed by atoms with Crippen LogP contribution >= 0.6 is 0 Å². The first kappa shape index (κ1) is 15.8. The minimum absolute atomic E-state index is 0.147. The quantitative estimate of drug-likeness (QED) is 0.801. The Morgan fingerprint density at radius 3 is 2.24 bits per heavy atom. The molecule has 0 heterocycles. The Labute approximate surface area is 129 Å². The third-order valence-electron chi connectivity index (χ3n) is 4.22. The summed E-state index contributed by atoms with van der Waals surface area (Å²) in [5.74, 6) is 0. The van der Waals surface area contributed by atoms with E-state index in [0.717, 1.165) is 19.4 Å². The van der Waals surface area contributed by atoms with Gasteiger partial charge in [0.15, 0.2) is 0 Å². The van der Waals surface area contributed by atoms with Gasteiger partial charge in [-0.2, -0.15) is 0 Å². The topological polar surface area (TPSA) is 12.0 Å². The van der Waals surface area contributed by atoms with Crippen LogP contribution in [0.2, 0.25) is 0 Å². The molecule has 0 fully saturated rings. The van der Waals surface area contributed by atoms with Gasteiger partial charge in [-0.15, -0.1) is 0 Å². The number of benzene rings is 2. The molecule has 0 bridgehead atoms. The molecule has 2 rings (SSSR count). The van der Waals surface area contributed by atoms with Gasteiger partial charge in [-0.1, -0.05) is 48.5 Å². The van der Waals surface area contributed by atoms with Crippen molar-refractivity contribution in [2.75, 3.05) is 0 Å². The number of nitrogens with one attached hydrogen (secondary N) is 1. The van der Waals surface area contributed by atoms with Gasteiger partial charge in [0, 0.05) is 12.1 Å². The highest BCUT2D eigenvalue weighted by Crippen LogP contribution is 2.16. The molecule has 0 saturated carbocycles. The molecule has 0 amide bonds. The van der Waals surface area contributed by atoms with Gasteiger partial charge in [0.25, 0.3) is 0 Å². The van der Waals surface area contributed by atoms with Crippen molar-refractivity contribution in [1.82, 2.24) is 5.32 Å². The second-order valence-electron chi connectivity index (χ2n) is 6.64. The zero-order valence-corrected chi connectivity index (χ0v) is 13.7. The van der Waals surface area contributed by atoms with E-state index < -0.39 is 0 Å².